The molecule has 0 radical (unpaired) electrons. The lowest BCUT2D eigenvalue weighted by Gasteiger charge is -2.27. The highest BCUT2D eigenvalue weighted by molar-refractivity contribution is 6.36. The van der Waals surface area contributed by atoms with Crippen molar-refractivity contribution >= 4 is 45.3 Å². The fourth-order valence-electron chi connectivity index (χ4n) is 4.73. The number of imidazole rings is 1. The maximum Gasteiger partial charge on any atom is 0.222 e. The molecule has 1 aliphatic heterocycles. The third kappa shape index (κ3) is 4.18. The van der Waals surface area contributed by atoms with E-state index in [0.29, 0.717) is 17.1 Å². The Balaban J connectivity index is 1.52. The zero-order valence-corrected chi connectivity index (χ0v) is 20.3. The van der Waals surface area contributed by atoms with Crippen molar-refractivity contribution in [2.45, 2.75) is 45.6 Å². The molecular formula is C25H28ClN7O. The maximum absolute atomic E-state index is 12.3. The summed E-state index contributed by atoms with van der Waals surface area (Å²) in [7, 11) is 0. The number of hydrogen-bond donors (Lipinski definition) is 2. The standard InChI is InChI=1S/C25H28ClN7O/c1-14(2)25(34)32-16-6-8-33(11-16)23-18(10-19(26)17-5-4-7-27-21(17)23)15(3)9-20-22-24(30-12-28-20)31-13-29-22/h4-5,7,10,12-16H,6,8-9,11H2,1-3H3,(H,32,34)(H,28,29,30,31)/t15?,16-/m0/s1. The lowest BCUT2D eigenvalue weighted by Crippen LogP contribution is -2.39. The molecule has 1 aromatic carbocycles. The molecule has 9 heteroatoms. The molecule has 5 rings (SSSR count). The third-order valence-corrected chi connectivity index (χ3v) is 6.86. The smallest absolute Gasteiger partial charge is 0.222 e. The number of carbonyl (C=O) groups is 1. The number of H-pyrrole nitrogens is 1. The number of pyridine rings is 1. The van der Waals surface area contributed by atoms with E-state index < -0.39 is 0 Å². The number of fused-ring (bicyclic) bond motifs is 2. The summed E-state index contributed by atoms with van der Waals surface area (Å²) in [6, 6.07) is 6.10. The van der Waals surface area contributed by atoms with Crippen LogP contribution in [-0.4, -0.2) is 50.0 Å². The number of anilines is 1. The van der Waals surface area contributed by atoms with Gasteiger partial charge in [0, 0.05) is 36.6 Å². The number of nitrogens with one attached hydrogen (secondary N) is 2. The van der Waals surface area contributed by atoms with E-state index in [4.69, 9.17) is 16.6 Å². The van der Waals surface area contributed by atoms with Crippen molar-refractivity contribution in [3.63, 3.8) is 0 Å². The lowest BCUT2D eigenvalue weighted by molar-refractivity contribution is -0.124. The van der Waals surface area contributed by atoms with Crippen LogP contribution in [0.3, 0.4) is 0 Å². The molecule has 0 spiro atoms. The average Bonchev–Trinajstić information content (AvgIpc) is 3.49. The van der Waals surface area contributed by atoms with Crippen LogP contribution < -0.4 is 10.2 Å². The van der Waals surface area contributed by atoms with Gasteiger partial charge in [-0.3, -0.25) is 9.78 Å². The van der Waals surface area contributed by atoms with Crippen molar-refractivity contribution in [1.29, 1.82) is 0 Å². The number of carbonyl (C=O) groups excluding carboxylic acids is 1. The topological polar surface area (TPSA) is 99.7 Å². The summed E-state index contributed by atoms with van der Waals surface area (Å²) < 4.78 is 0. The number of halogens is 1. The minimum absolute atomic E-state index is 0.0326. The van der Waals surface area contributed by atoms with Crippen molar-refractivity contribution in [3.8, 4) is 0 Å². The predicted molar refractivity (Wildman–Crippen MR) is 134 cm³/mol. The van der Waals surface area contributed by atoms with E-state index in [1.807, 2.05) is 32.2 Å². The number of hydrogen-bond acceptors (Lipinski definition) is 6. The second kappa shape index (κ2) is 9.18. The first-order valence-electron chi connectivity index (χ1n) is 11.7. The number of amides is 1. The van der Waals surface area contributed by atoms with Gasteiger partial charge in [-0.1, -0.05) is 32.4 Å². The Labute approximate surface area is 203 Å². The molecule has 1 saturated heterocycles. The van der Waals surface area contributed by atoms with Crippen LogP contribution in [0.15, 0.2) is 37.1 Å². The summed E-state index contributed by atoms with van der Waals surface area (Å²) in [6.07, 6.45) is 6.60. The van der Waals surface area contributed by atoms with Gasteiger partial charge in [0.1, 0.15) is 11.8 Å². The lowest BCUT2D eigenvalue weighted by atomic mass is 9.92. The van der Waals surface area contributed by atoms with Crippen LogP contribution in [0.2, 0.25) is 5.02 Å². The Hall–Kier alpha value is -3.26. The van der Waals surface area contributed by atoms with Crippen molar-refractivity contribution in [2.24, 2.45) is 5.92 Å². The fraction of sp³-hybridized carbons (Fsp3) is 0.400. The van der Waals surface area contributed by atoms with Crippen LogP contribution >= 0.6 is 11.6 Å². The van der Waals surface area contributed by atoms with E-state index in [-0.39, 0.29) is 23.8 Å². The van der Waals surface area contributed by atoms with Gasteiger partial charge < -0.3 is 15.2 Å². The first-order valence-corrected chi connectivity index (χ1v) is 12.1. The number of aromatic nitrogens is 5. The summed E-state index contributed by atoms with van der Waals surface area (Å²) in [5, 5.41) is 4.81. The van der Waals surface area contributed by atoms with Crippen molar-refractivity contribution < 1.29 is 4.79 Å². The van der Waals surface area contributed by atoms with Gasteiger partial charge in [-0.25, -0.2) is 15.0 Å². The quantitative estimate of drug-likeness (QED) is 0.430. The normalized spacial score (nSPS) is 17.1. The van der Waals surface area contributed by atoms with Crippen LogP contribution in [-0.2, 0) is 11.2 Å². The number of benzene rings is 1. The zero-order valence-electron chi connectivity index (χ0n) is 19.5. The van der Waals surface area contributed by atoms with E-state index in [1.54, 1.807) is 12.7 Å². The Morgan fingerprint density at radius 1 is 1.26 bits per heavy atom. The summed E-state index contributed by atoms with van der Waals surface area (Å²) in [4.78, 5) is 35.5. The molecule has 2 N–H and O–H groups in total. The van der Waals surface area contributed by atoms with Crippen LogP contribution in [0.25, 0.3) is 22.1 Å². The van der Waals surface area contributed by atoms with Crippen LogP contribution in [0.1, 0.15) is 44.4 Å². The second-order valence-corrected chi connectivity index (χ2v) is 9.72. The van der Waals surface area contributed by atoms with Crippen LogP contribution in [0.5, 0.6) is 0 Å². The molecule has 4 aromatic rings. The highest BCUT2D eigenvalue weighted by Crippen LogP contribution is 2.40. The highest BCUT2D eigenvalue weighted by atomic mass is 35.5. The number of aromatic amines is 1. The Bertz CT molecular complexity index is 1350. The Morgan fingerprint density at radius 2 is 2.12 bits per heavy atom. The molecule has 8 nitrogen and oxygen atoms in total. The van der Waals surface area contributed by atoms with Gasteiger partial charge in [0.05, 0.1) is 28.2 Å². The summed E-state index contributed by atoms with van der Waals surface area (Å²) in [5.74, 6) is 0.173. The van der Waals surface area contributed by atoms with Crippen molar-refractivity contribution in [1.82, 2.24) is 30.2 Å². The molecule has 0 bridgehead atoms. The third-order valence-electron chi connectivity index (χ3n) is 6.55. The van der Waals surface area contributed by atoms with E-state index in [2.05, 4.69) is 43.1 Å². The first-order chi connectivity index (χ1) is 16.4. The summed E-state index contributed by atoms with van der Waals surface area (Å²) in [6.45, 7) is 7.60. The zero-order chi connectivity index (χ0) is 23.8. The molecule has 34 heavy (non-hydrogen) atoms. The van der Waals surface area contributed by atoms with Crippen molar-refractivity contribution in [3.05, 3.63) is 53.3 Å². The molecule has 1 aliphatic rings. The molecule has 2 atom stereocenters. The van der Waals surface area contributed by atoms with Gasteiger partial charge in [0.2, 0.25) is 5.91 Å². The molecule has 1 unspecified atom stereocenters. The van der Waals surface area contributed by atoms with Gasteiger partial charge in [0.25, 0.3) is 0 Å². The van der Waals surface area contributed by atoms with Gasteiger partial charge >= 0.3 is 0 Å². The Morgan fingerprint density at radius 3 is 2.94 bits per heavy atom. The van der Waals surface area contributed by atoms with Gasteiger partial charge in [-0.15, -0.1) is 0 Å². The number of nitrogens with zero attached hydrogens (tertiary/aromatic N) is 5. The number of rotatable bonds is 6. The van der Waals surface area contributed by atoms with E-state index in [1.165, 1.54) is 0 Å². The molecule has 3 aromatic heterocycles. The molecule has 4 heterocycles. The maximum atomic E-state index is 12.3. The average molecular weight is 478 g/mol. The van der Waals surface area contributed by atoms with E-state index in [0.717, 1.165) is 52.9 Å². The SMILES string of the molecule is CC(C)C(=O)N[C@H]1CCN(c2c(C(C)Cc3ncnc4nc[nH]c34)cc(Cl)c3cccnc23)C1. The first kappa shape index (κ1) is 22.5. The predicted octanol–water partition coefficient (Wildman–Crippen LogP) is 4.25. The minimum Gasteiger partial charge on any atom is -0.367 e. The summed E-state index contributed by atoms with van der Waals surface area (Å²) >= 11 is 6.74. The summed E-state index contributed by atoms with van der Waals surface area (Å²) in [5.41, 5.74) is 5.54. The highest BCUT2D eigenvalue weighted by Gasteiger charge is 2.30. The molecular weight excluding hydrogens is 450 g/mol. The minimum atomic E-state index is -0.0326. The molecule has 176 valence electrons. The van der Waals surface area contributed by atoms with E-state index >= 15 is 0 Å². The van der Waals surface area contributed by atoms with Gasteiger partial charge in [0.15, 0.2) is 5.65 Å². The van der Waals surface area contributed by atoms with E-state index in [9.17, 15) is 4.79 Å². The Kier molecular flexibility index (Phi) is 6.08. The largest absolute Gasteiger partial charge is 0.367 e. The second-order valence-electron chi connectivity index (χ2n) is 9.32. The van der Waals surface area contributed by atoms with Crippen molar-refractivity contribution in [2.75, 3.05) is 18.0 Å². The molecule has 0 aliphatic carbocycles. The monoisotopic (exact) mass is 477 g/mol. The fourth-order valence-corrected chi connectivity index (χ4v) is 5.00. The molecule has 1 amide bonds. The van der Waals surface area contributed by atoms with Crippen LogP contribution in [0, 0.1) is 5.92 Å². The molecule has 1 fully saturated rings. The van der Waals surface area contributed by atoms with Gasteiger partial charge in [-0.2, -0.15) is 0 Å². The van der Waals surface area contributed by atoms with Crippen LogP contribution in [0.4, 0.5) is 5.69 Å². The van der Waals surface area contributed by atoms with Gasteiger partial charge in [-0.05, 0) is 42.5 Å². The molecule has 0 saturated carbocycles.